The van der Waals surface area contributed by atoms with Crippen molar-refractivity contribution in [1.29, 1.82) is 0 Å². The number of aliphatic imine (C=N–C) groups is 1. The zero-order valence-corrected chi connectivity index (χ0v) is 14.7. The fraction of sp³-hybridized carbons (Fsp3) is 0.158. The van der Waals surface area contributed by atoms with E-state index < -0.39 is 6.36 Å². The van der Waals surface area contributed by atoms with Gasteiger partial charge in [-0.15, -0.1) is 13.2 Å². The quantitative estimate of drug-likeness (QED) is 0.497. The molecule has 0 bridgehead atoms. The van der Waals surface area contributed by atoms with Gasteiger partial charge in [0, 0.05) is 18.4 Å². The summed E-state index contributed by atoms with van der Waals surface area (Å²) in [7, 11) is 0. The topological polar surface area (TPSA) is 77.5 Å². The number of benzene rings is 2. The van der Waals surface area contributed by atoms with Crippen molar-refractivity contribution in [2.24, 2.45) is 10.7 Å². The maximum absolute atomic E-state index is 12.1. The van der Waals surface area contributed by atoms with E-state index in [1.807, 2.05) is 36.5 Å². The number of halogens is 3. The van der Waals surface area contributed by atoms with Crippen molar-refractivity contribution in [3.63, 3.8) is 0 Å². The van der Waals surface area contributed by atoms with Gasteiger partial charge in [-0.25, -0.2) is 4.68 Å². The van der Waals surface area contributed by atoms with Gasteiger partial charge in [-0.1, -0.05) is 18.2 Å². The van der Waals surface area contributed by atoms with Gasteiger partial charge in [-0.3, -0.25) is 4.99 Å². The molecule has 28 heavy (non-hydrogen) atoms. The second-order valence-corrected chi connectivity index (χ2v) is 5.84. The summed E-state index contributed by atoms with van der Waals surface area (Å²) in [4.78, 5) is 4.21. The number of nitrogens with two attached hydrogens (primary N) is 1. The molecule has 9 heteroatoms. The predicted molar refractivity (Wildman–Crippen MR) is 101 cm³/mol. The van der Waals surface area contributed by atoms with E-state index in [4.69, 9.17) is 5.73 Å². The second kappa shape index (κ2) is 8.47. The maximum Gasteiger partial charge on any atom is 0.573 e. The van der Waals surface area contributed by atoms with Crippen molar-refractivity contribution in [1.82, 2.24) is 9.78 Å². The summed E-state index contributed by atoms with van der Waals surface area (Å²) >= 11 is 0. The van der Waals surface area contributed by atoms with Crippen molar-refractivity contribution in [2.75, 3.05) is 11.9 Å². The van der Waals surface area contributed by atoms with Crippen LogP contribution in [-0.4, -0.2) is 28.6 Å². The highest BCUT2D eigenvalue weighted by Gasteiger charge is 2.30. The number of nitrogens with zero attached hydrogens (tertiary/aromatic N) is 3. The number of guanidine groups is 1. The summed E-state index contributed by atoms with van der Waals surface area (Å²) in [5, 5.41) is 7.13. The lowest BCUT2D eigenvalue weighted by Crippen LogP contribution is -2.23. The van der Waals surface area contributed by atoms with Gasteiger partial charge in [-0.05, 0) is 48.4 Å². The van der Waals surface area contributed by atoms with Gasteiger partial charge in [-0.2, -0.15) is 5.10 Å². The van der Waals surface area contributed by atoms with Crippen LogP contribution >= 0.6 is 0 Å². The molecular weight excluding hydrogens is 371 g/mol. The molecule has 2 aromatic carbocycles. The highest BCUT2D eigenvalue weighted by Crippen LogP contribution is 2.23. The van der Waals surface area contributed by atoms with Crippen LogP contribution in [0.2, 0.25) is 0 Å². The summed E-state index contributed by atoms with van der Waals surface area (Å²) < 4.78 is 42.0. The van der Waals surface area contributed by atoms with Crippen LogP contribution in [0.25, 0.3) is 5.69 Å². The summed E-state index contributed by atoms with van der Waals surface area (Å²) in [5.41, 5.74) is 8.30. The third-order valence-electron chi connectivity index (χ3n) is 3.70. The Morgan fingerprint density at radius 3 is 2.50 bits per heavy atom. The first kappa shape index (κ1) is 19.3. The van der Waals surface area contributed by atoms with Crippen LogP contribution in [0.5, 0.6) is 5.75 Å². The molecule has 0 amide bonds. The molecule has 3 rings (SSSR count). The van der Waals surface area contributed by atoms with E-state index >= 15 is 0 Å². The largest absolute Gasteiger partial charge is 0.573 e. The van der Waals surface area contributed by atoms with Gasteiger partial charge < -0.3 is 15.8 Å². The highest BCUT2D eigenvalue weighted by atomic mass is 19.4. The van der Waals surface area contributed by atoms with Crippen LogP contribution in [0.1, 0.15) is 5.56 Å². The fourth-order valence-corrected chi connectivity index (χ4v) is 2.44. The third kappa shape index (κ3) is 5.76. The highest BCUT2D eigenvalue weighted by molar-refractivity contribution is 5.92. The number of aromatic nitrogens is 2. The fourth-order valence-electron chi connectivity index (χ4n) is 2.44. The summed E-state index contributed by atoms with van der Waals surface area (Å²) in [6, 6.07) is 15.0. The average molecular weight is 389 g/mol. The Balaban J connectivity index is 1.50. The number of anilines is 1. The molecule has 146 valence electrons. The van der Waals surface area contributed by atoms with Gasteiger partial charge in [0.05, 0.1) is 11.9 Å². The minimum absolute atomic E-state index is 0.167. The van der Waals surface area contributed by atoms with Gasteiger partial charge in [0.15, 0.2) is 5.96 Å². The Bertz CT molecular complexity index is 921. The molecular formula is C19H18F3N5O. The predicted octanol–water partition coefficient (Wildman–Crippen LogP) is 3.74. The van der Waals surface area contributed by atoms with Crippen LogP contribution < -0.4 is 15.8 Å². The van der Waals surface area contributed by atoms with Crippen LogP contribution in [-0.2, 0) is 6.42 Å². The van der Waals surface area contributed by atoms with Gasteiger partial charge in [0.2, 0.25) is 0 Å². The lowest BCUT2D eigenvalue weighted by Gasteiger charge is -2.10. The van der Waals surface area contributed by atoms with E-state index in [0.717, 1.165) is 11.3 Å². The molecule has 0 aliphatic heterocycles. The first-order chi connectivity index (χ1) is 13.4. The van der Waals surface area contributed by atoms with Crippen molar-refractivity contribution in [3.8, 4) is 11.4 Å². The third-order valence-corrected chi connectivity index (χ3v) is 3.70. The molecule has 1 heterocycles. The zero-order chi connectivity index (χ0) is 20.0. The first-order valence-electron chi connectivity index (χ1n) is 8.41. The van der Waals surface area contributed by atoms with E-state index in [-0.39, 0.29) is 11.7 Å². The van der Waals surface area contributed by atoms with E-state index in [1.165, 1.54) is 24.3 Å². The minimum atomic E-state index is -4.72. The lowest BCUT2D eigenvalue weighted by atomic mass is 10.2. The Labute approximate surface area is 159 Å². The molecule has 0 aliphatic carbocycles. The maximum atomic E-state index is 12.1. The Morgan fingerprint density at radius 1 is 1.11 bits per heavy atom. The number of hydrogen-bond donors (Lipinski definition) is 2. The molecule has 0 atom stereocenters. The normalized spacial score (nSPS) is 12.0. The molecule has 0 fully saturated rings. The van der Waals surface area contributed by atoms with E-state index in [1.54, 1.807) is 10.9 Å². The number of hydrogen-bond acceptors (Lipinski definition) is 3. The van der Waals surface area contributed by atoms with Gasteiger partial charge in [0.25, 0.3) is 0 Å². The molecule has 3 aromatic rings. The SMILES string of the molecule is NC(=NCCc1cnn(-c2ccccc2)c1)Nc1ccc(OC(F)(F)F)cc1. The van der Waals surface area contributed by atoms with Gasteiger partial charge in [0.1, 0.15) is 5.75 Å². The molecule has 0 unspecified atom stereocenters. The number of rotatable bonds is 6. The number of nitrogens with one attached hydrogen (secondary N) is 1. The number of ether oxygens (including phenoxy) is 1. The number of alkyl halides is 3. The van der Waals surface area contributed by atoms with E-state index in [2.05, 4.69) is 20.1 Å². The zero-order valence-electron chi connectivity index (χ0n) is 14.7. The first-order valence-corrected chi connectivity index (χ1v) is 8.41. The van der Waals surface area contributed by atoms with Crippen molar-refractivity contribution in [2.45, 2.75) is 12.8 Å². The minimum Gasteiger partial charge on any atom is -0.406 e. The average Bonchev–Trinajstić information content (AvgIpc) is 3.12. The van der Waals surface area contributed by atoms with Crippen LogP contribution in [0.4, 0.5) is 18.9 Å². The molecule has 0 spiro atoms. The van der Waals surface area contributed by atoms with Crippen LogP contribution in [0, 0.1) is 0 Å². The molecule has 0 saturated heterocycles. The van der Waals surface area contributed by atoms with E-state index in [9.17, 15) is 13.2 Å². The van der Waals surface area contributed by atoms with Crippen molar-refractivity contribution in [3.05, 3.63) is 72.6 Å². The Morgan fingerprint density at radius 2 is 1.82 bits per heavy atom. The monoisotopic (exact) mass is 389 g/mol. The Kier molecular flexibility index (Phi) is 5.83. The molecule has 0 saturated carbocycles. The van der Waals surface area contributed by atoms with Crippen molar-refractivity contribution < 1.29 is 17.9 Å². The molecule has 3 N–H and O–H groups in total. The van der Waals surface area contributed by atoms with E-state index in [0.29, 0.717) is 18.7 Å². The molecule has 6 nitrogen and oxygen atoms in total. The summed E-state index contributed by atoms with van der Waals surface area (Å²) in [5.74, 6) is -0.135. The molecule has 0 radical (unpaired) electrons. The number of para-hydroxylation sites is 1. The smallest absolute Gasteiger partial charge is 0.406 e. The molecule has 1 aromatic heterocycles. The standard InChI is InChI=1S/C19H18F3N5O/c20-19(21,22)28-17-8-6-15(7-9-17)26-18(23)24-11-10-14-12-25-27(13-14)16-4-2-1-3-5-16/h1-9,12-13H,10-11H2,(H3,23,24,26). The second-order valence-electron chi connectivity index (χ2n) is 5.84. The molecule has 0 aliphatic rings. The summed E-state index contributed by atoms with van der Waals surface area (Å²) in [6.07, 6.45) is -0.378. The Hall–Kier alpha value is -3.49. The van der Waals surface area contributed by atoms with Crippen LogP contribution in [0.3, 0.4) is 0 Å². The summed E-state index contributed by atoms with van der Waals surface area (Å²) in [6.45, 7) is 0.439. The lowest BCUT2D eigenvalue weighted by molar-refractivity contribution is -0.274. The van der Waals surface area contributed by atoms with Gasteiger partial charge >= 0.3 is 6.36 Å². The van der Waals surface area contributed by atoms with Crippen molar-refractivity contribution >= 4 is 11.6 Å². The van der Waals surface area contributed by atoms with Crippen LogP contribution in [0.15, 0.2) is 72.0 Å².